The van der Waals surface area contributed by atoms with Gasteiger partial charge in [-0.3, -0.25) is 9.78 Å². The second-order valence-electron chi connectivity index (χ2n) is 5.40. The van der Waals surface area contributed by atoms with Gasteiger partial charge < -0.3 is 5.32 Å². The van der Waals surface area contributed by atoms with E-state index >= 15 is 0 Å². The van der Waals surface area contributed by atoms with Crippen LogP contribution in [0.5, 0.6) is 0 Å². The van der Waals surface area contributed by atoms with Crippen LogP contribution in [0.1, 0.15) is 12.8 Å². The Kier molecular flexibility index (Phi) is 4.41. The van der Waals surface area contributed by atoms with Crippen LogP contribution in [-0.2, 0) is 0 Å². The number of anilines is 1. The lowest BCUT2D eigenvalue weighted by Crippen LogP contribution is -2.34. The van der Waals surface area contributed by atoms with Crippen molar-refractivity contribution >= 4 is 5.82 Å². The molecule has 3 rings (SSSR count). The zero-order valence-electron chi connectivity index (χ0n) is 12.7. The predicted molar refractivity (Wildman–Crippen MR) is 87.5 cm³/mol. The van der Waals surface area contributed by atoms with Gasteiger partial charge in [-0.25, -0.2) is 18.1 Å². The first kappa shape index (κ1) is 15.9. The van der Waals surface area contributed by atoms with Gasteiger partial charge in [0, 0.05) is 18.7 Å². The molecule has 0 bridgehead atoms. The van der Waals surface area contributed by atoms with Gasteiger partial charge in [-0.05, 0) is 30.5 Å². The van der Waals surface area contributed by atoms with Crippen molar-refractivity contribution in [3.05, 3.63) is 80.5 Å². The molecule has 1 aliphatic rings. The standard InChI is InChI=1S/C17H15F2N3O2/c18-12-6-13(19)8-14(7-12)22-16(23)9-15(21-17(22)24)20-10-11-4-2-1-3-5-11/h2,4-9,20H,1,3,10H2,(H,21,24). The molecule has 2 N–H and O–H groups in total. The molecule has 0 aliphatic heterocycles. The molecule has 0 unspecified atom stereocenters. The molecule has 0 saturated heterocycles. The minimum atomic E-state index is -0.866. The monoisotopic (exact) mass is 331 g/mol. The van der Waals surface area contributed by atoms with Crippen molar-refractivity contribution in [3.8, 4) is 5.69 Å². The maximum Gasteiger partial charge on any atom is 0.334 e. The summed E-state index contributed by atoms with van der Waals surface area (Å²) in [5.41, 5.74) is -0.565. The van der Waals surface area contributed by atoms with Crippen LogP contribution >= 0.6 is 0 Å². The van der Waals surface area contributed by atoms with Crippen LogP contribution < -0.4 is 16.6 Å². The first-order valence-electron chi connectivity index (χ1n) is 7.45. The number of H-pyrrole nitrogens is 1. The van der Waals surface area contributed by atoms with Gasteiger partial charge in [-0.2, -0.15) is 0 Å². The van der Waals surface area contributed by atoms with Crippen LogP contribution in [0, 0.1) is 11.6 Å². The van der Waals surface area contributed by atoms with Gasteiger partial charge in [0.05, 0.1) is 5.69 Å². The first-order valence-corrected chi connectivity index (χ1v) is 7.45. The zero-order valence-corrected chi connectivity index (χ0v) is 12.7. The molecule has 0 radical (unpaired) electrons. The summed E-state index contributed by atoms with van der Waals surface area (Å²) in [6.07, 6.45) is 8.06. The third-order valence-corrected chi connectivity index (χ3v) is 3.59. The summed E-state index contributed by atoms with van der Waals surface area (Å²) >= 11 is 0. The van der Waals surface area contributed by atoms with Crippen molar-refractivity contribution < 1.29 is 8.78 Å². The summed E-state index contributed by atoms with van der Waals surface area (Å²) in [6, 6.07) is 3.69. The number of allylic oxidation sites excluding steroid dienone is 2. The highest BCUT2D eigenvalue weighted by molar-refractivity contribution is 5.39. The minimum Gasteiger partial charge on any atom is -0.367 e. The Bertz CT molecular complexity index is 890. The van der Waals surface area contributed by atoms with E-state index in [9.17, 15) is 18.4 Å². The minimum absolute atomic E-state index is 0.164. The number of nitrogens with one attached hydrogen (secondary N) is 2. The van der Waals surface area contributed by atoms with E-state index in [0.717, 1.165) is 30.5 Å². The van der Waals surface area contributed by atoms with E-state index in [0.29, 0.717) is 17.2 Å². The largest absolute Gasteiger partial charge is 0.367 e. The number of benzene rings is 1. The predicted octanol–water partition coefficient (Wildman–Crippen LogP) is 2.49. The lowest BCUT2D eigenvalue weighted by atomic mass is 10.1. The van der Waals surface area contributed by atoms with Crippen molar-refractivity contribution in [2.24, 2.45) is 0 Å². The van der Waals surface area contributed by atoms with Gasteiger partial charge in [0.15, 0.2) is 0 Å². The van der Waals surface area contributed by atoms with Gasteiger partial charge in [-0.15, -0.1) is 0 Å². The molecular formula is C17H15F2N3O2. The van der Waals surface area contributed by atoms with Crippen LogP contribution in [0.25, 0.3) is 5.69 Å². The van der Waals surface area contributed by atoms with Crippen molar-refractivity contribution in [2.75, 3.05) is 11.9 Å². The molecule has 1 heterocycles. The molecule has 0 spiro atoms. The second kappa shape index (κ2) is 6.66. The number of hydrogen-bond donors (Lipinski definition) is 2. The van der Waals surface area contributed by atoms with Gasteiger partial charge in [0.1, 0.15) is 17.5 Å². The summed E-state index contributed by atoms with van der Waals surface area (Å²) in [6.45, 7) is 0.463. The van der Waals surface area contributed by atoms with E-state index in [2.05, 4.69) is 22.5 Å². The third kappa shape index (κ3) is 3.51. The Morgan fingerprint density at radius 2 is 1.83 bits per heavy atom. The molecule has 1 aromatic carbocycles. The highest BCUT2D eigenvalue weighted by atomic mass is 19.1. The maximum absolute atomic E-state index is 13.3. The Balaban J connectivity index is 1.89. The summed E-state index contributed by atoms with van der Waals surface area (Å²) in [4.78, 5) is 26.8. The normalized spacial score (nSPS) is 13.7. The van der Waals surface area contributed by atoms with E-state index in [1.54, 1.807) is 0 Å². The summed E-state index contributed by atoms with van der Waals surface area (Å²) in [5.74, 6) is -1.48. The molecular weight excluding hydrogens is 316 g/mol. The molecule has 5 nitrogen and oxygen atoms in total. The fourth-order valence-electron chi connectivity index (χ4n) is 2.50. The topological polar surface area (TPSA) is 66.9 Å². The lowest BCUT2D eigenvalue weighted by molar-refractivity contribution is 0.580. The van der Waals surface area contributed by atoms with Crippen molar-refractivity contribution in [2.45, 2.75) is 12.8 Å². The van der Waals surface area contributed by atoms with Gasteiger partial charge in [0.25, 0.3) is 5.56 Å². The lowest BCUT2D eigenvalue weighted by Gasteiger charge is -2.11. The Morgan fingerprint density at radius 1 is 1.08 bits per heavy atom. The van der Waals surface area contributed by atoms with E-state index in [-0.39, 0.29) is 11.5 Å². The summed E-state index contributed by atoms with van der Waals surface area (Å²) in [7, 11) is 0. The van der Waals surface area contributed by atoms with Crippen LogP contribution in [0.15, 0.2) is 57.7 Å². The molecule has 124 valence electrons. The van der Waals surface area contributed by atoms with Crippen molar-refractivity contribution in [3.63, 3.8) is 0 Å². The average molecular weight is 331 g/mol. The number of hydrogen-bond acceptors (Lipinski definition) is 3. The third-order valence-electron chi connectivity index (χ3n) is 3.59. The molecule has 2 aromatic rings. The first-order chi connectivity index (χ1) is 11.5. The van der Waals surface area contributed by atoms with E-state index in [4.69, 9.17) is 0 Å². The number of halogens is 2. The average Bonchev–Trinajstić information content (AvgIpc) is 2.52. The fraction of sp³-hybridized carbons (Fsp3) is 0.176. The highest BCUT2D eigenvalue weighted by Crippen LogP contribution is 2.11. The maximum atomic E-state index is 13.3. The molecule has 0 atom stereocenters. The van der Waals surface area contributed by atoms with Crippen LogP contribution in [0.2, 0.25) is 0 Å². The molecule has 7 heteroatoms. The second-order valence-corrected chi connectivity index (χ2v) is 5.40. The quantitative estimate of drug-likeness (QED) is 0.904. The number of aromatic amines is 1. The highest BCUT2D eigenvalue weighted by Gasteiger charge is 2.10. The number of rotatable bonds is 4. The van der Waals surface area contributed by atoms with Gasteiger partial charge >= 0.3 is 5.69 Å². The Hall–Kier alpha value is -2.96. The van der Waals surface area contributed by atoms with Gasteiger partial charge in [-0.1, -0.05) is 18.2 Å². The van der Waals surface area contributed by atoms with Crippen LogP contribution in [0.3, 0.4) is 0 Å². The number of aromatic nitrogens is 2. The molecule has 1 aromatic heterocycles. The van der Waals surface area contributed by atoms with Gasteiger partial charge in [0.2, 0.25) is 0 Å². The van der Waals surface area contributed by atoms with Crippen molar-refractivity contribution in [1.29, 1.82) is 0 Å². The van der Waals surface area contributed by atoms with Crippen LogP contribution in [0.4, 0.5) is 14.6 Å². The van der Waals surface area contributed by atoms with E-state index < -0.39 is 22.9 Å². The molecule has 24 heavy (non-hydrogen) atoms. The smallest absolute Gasteiger partial charge is 0.334 e. The summed E-state index contributed by atoms with van der Waals surface area (Å²) in [5, 5.41) is 2.96. The summed E-state index contributed by atoms with van der Waals surface area (Å²) < 4.78 is 27.3. The van der Waals surface area contributed by atoms with Crippen molar-refractivity contribution in [1.82, 2.24) is 9.55 Å². The Labute approximate surface area is 136 Å². The fourth-order valence-corrected chi connectivity index (χ4v) is 2.50. The number of nitrogens with zero attached hydrogens (tertiary/aromatic N) is 1. The molecule has 0 saturated carbocycles. The van der Waals surface area contributed by atoms with E-state index in [1.165, 1.54) is 6.07 Å². The molecule has 0 fully saturated rings. The zero-order chi connectivity index (χ0) is 17.1. The van der Waals surface area contributed by atoms with E-state index in [1.807, 2.05) is 6.08 Å². The van der Waals surface area contributed by atoms with Crippen LogP contribution in [-0.4, -0.2) is 16.1 Å². The molecule has 0 amide bonds. The Morgan fingerprint density at radius 3 is 2.46 bits per heavy atom. The molecule has 1 aliphatic carbocycles. The SMILES string of the molecule is O=c1cc(NCC2=CCCC=C2)[nH]c(=O)n1-c1cc(F)cc(F)c1.